The van der Waals surface area contributed by atoms with Gasteiger partial charge in [0.1, 0.15) is 18.5 Å². The van der Waals surface area contributed by atoms with Crippen molar-refractivity contribution in [3.05, 3.63) is 58.7 Å². The van der Waals surface area contributed by atoms with E-state index in [2.05, 4.69) is 26.7 Å². The maximum absolute atomic E-state index is 13.4. The lowest BCUT2D eigenvalue weighted by atomic mass is 9.80. The minimum atomic E-state index is -4.51. The molecule has 2 aliphatic heterocycles. The number of nitrogens with zero attached hydrogens (tertiary/aromatic N) is 5. The van der Waals surface area contributed by atoms with Gasteiger partial charge in [-0.15, -0.1) is 0 Å². The summed E-state index contributed by atoms with van der Waals surface area (Å²) in [7, 11) is 0. The van der Waals surface area contributed by atoms with Crippen molar-refractivity contribution >= 4 is 11.9 Å². The molecule has 1 aliphatic carbocycles. The molecule has 2 saturated heterocycles. The highest BCUT2D eigenvalue weighted by molar-refractivity contribution is 5.96. The summed E-state index contributed by atoms with van der Waals surface area (Å²) in [4.78, 5) is 39.9. The van der Waals surface area contributed by atoms with Crippen LogP contribution in [0.1, 0.15) is 72.0 Å². The lowest BCUT2D eigenvalue weighted by Gasteiger charge is -2.53. The molecule has 7 atom stereocenters. The summed E-state index contributed by atoms with van der Waals surface area (Å²) in [5.41, 5.74) is 1.41. The van der Waals surface area contributed by atoms with Gasteiger partial charge in [0.15, 0.2) is 0 Å². The third-order valence-electron chi connectivity index (χ3n) is 10.8. The fraction of sp³-hybridized carbons (Fsp3) is 0.647. The van der Waals surface area contributed by atoms with Crippen LogP contribution in [-0.2, 0) is 15.7 Å². The third kappa shape index (κ3) is 7.76. The van der Waals surface area contributed by atoms with Crippen LogP contribution in [0.15, 0.2) is 30.6 Å². The molecule has 3 heterocycles. The van der Waals surface area contributed by atoms with Crippen LogP contribution in [0, 0.1) is 19.8 Å². The number of aromatic nitrogens is 2. The molecule has 0 spiro atoms. The van der Waals surface area contributed by atoms with E-state index >= 15 is 0 Å². The number of aliphatic hydroxyl groups is 3. The summed E-state index contributed by atoms with van der Waals surface area (Å²) < 4.78 is 46.3. The van der Waals surface area contributed by atoms with Gasteiger partial charge in [0.25, 0.3) is 5.91 Å². The van der Waals surface area contributed by atoms with Gasteiger partial charge in [-0.3, -0.25) is 19.4 Å². The molecule has 15 heteroatoms. The van der Waals surface area contributed by atoms with Gasteiger partial charge < -0.3 is 30.1 Å². The van der Waals surface area contributed by atoms with Crippen molar-refractivity contribution in [2.75, 3.05) is 39.3 Å². The lowest BCUT2D eigenvalue weighted by Crippen LogP contribution is -2.62. The van der Waals surface area contributed by atoms with Crippen molar-refractivity contribution in [2.45, 2.75) is 95.2 Å². The number of piperazine rings is 1. The Bertz CT molecular complexity index is 1470. The number of aryl methyl sites for hydroxylation is 2. The molecule has 1 aromatic heterocycles. The molecule has 4 N–H and O–H groups in total. The van der Waals surface area contributed by atoms with Crippen LogP contribution >= 0.6 is 0 Å². The van der Waals surface area contributed by atoms with Crippen LogP contribution in [0.4, 0.5) is 13.2 Å². The van der Waals surface area contributed by atoms with Crippen molar-refractivity contribution in [3.8, 4) is 0 Å². The second kappa shape index (κ2) is 14.6. The molecule has 3 fully saturated rings. The fourth-order valence-corrected chi connectivity index (χ4v) is 7.59. The molecule has 2 aromatic rings. The summed E-state index contributed by atoms with van der Waals surface area (Å²) >= 11 is 0. The number of benzene rings is 1. The smallest absolute Gasteiger partial charge is 0.416 e. The van der Waals surface area contributed by atoms with Crippen LogP contribution in [0.25, 0.3) is 0 Å². The Morgan fingerprint density at radius 1 is 0.980 bits per heavy atom. The highest BCUT2D eigenvalue weighted by Gasteiger charge is 2.47. The zero-order chi connectivity index (χ0) is 35.8. The minimum absolute atomic E-state index is 0.0741. The number of carbonyl (C=O) groups is 2. The van der Waals surface area contributed by atoms with Crippen LogP contribution in [0.5, 0.6) is 0 Å². The Hall–Kier alpha value is -3.21. The van der Waals surface area contributed by atoms with Crippen LogP contribution in [0.3, 0.4) is 0 Å². The summed E-state index contributed by atoms with van der Waals surface area (Å²) in [5.74, 6) is -2.76. The molecule has 0 unspecified atom stereocenters. The highest BCUT2D eigenvalue weighted by Crippen LogP contribution is 2.37. The number of piperidine rings is 1. The van der Waals surface area contributed by atoms with Crippen LogP contribution in [-0.4, -0.2) is 132 Å². The first kappa shape index (κ1) is 37.1. The number of halogens is 3. The average Bonchev–Trinajstić information content (AvgIpc) is 3.05. The predicted octanol–water partition coefficient (Wildman–Crippen LogP) is 2.43. The number of hydrogen-bond acceptors (Lipinski definition) is 10. The first-order valence-electron chi connectivity index (χ1n) is 16.7. The van der Waals surface area contributed by atoms with Crippen LogP contribution < -0.4 is 0 Å². The summed E-state index contributed by atoms with van der Waals surface area (Å²) in [6, 6.07) is 4.21. The molecule has 49 heavy (non-hydrogen) atoms. The molecular formula is C34H46F3N5O7. The Morgan fingerprint density at radius 3 is 2.14 bits per heavy atom. The van der Waals surface area contributed by atoms with Gasteiger partial charge in [0.05, 0.1) is 53.3 Å². The monoisotopic (exact) mass is 693 g/mol. The van der Waals surface area contributed by atoms with E-state index in [0.29, 0.717) is 55.2 Å². The number of rotatable bonds is 8. The summed E-state index contributed by atoms with van der Waals surface area (Å²) in [6.07, 6.45) is -7.87. The number of alkyl halides is 3. The van der Waals surface area contributed by atoms with E-state index < -0.39 is 54.1 Å². The van der Waals surface area contributed by atoms with E-state index in [9.17, 15) is 43.2 Å². The molecule has 0 bridgehead atoms. The largest absolute Gasteiger partial charge is 0.481 e. The first-order valence-corrected chi connectivity index (χ1v) is 16.7. The minimum Gasteiger partial charge on any atom is -0.481 e. The van der Waals surface area contributed by atoms with Crippen molar-refractivity contribution in [1.82, 2.24) is 24.7 Å². The molecular weight excluding hydrogens is 647 g/mol. The number of hydrogen-bond donors (Lipinski definition) is 4. The fourth-order valence-electron chi connectivity index (χ4n) is 7.59. The number of amides is 1. The molecule has 0 radical (unpaired) electrons. The maximum atomic E-state index is 13.4. The Morgan fingerprint density at radius 2 is 1.59 bits per heavy atom. The molecule has 1 amide bonds. The van der Waals surface area contributed by atoms with Crippen molar-refractivity contribution < 1.29 is 47.9 Å². The lowest BCUT2D eigenvalue weighted by molar-refractivity contribution is -0.190. The molecule has 5 rings (SSSR count). The van der Waals surface area contributed by atoms with Gasteiger partial charge in [0, 0.05) is 44.3 Å². The van der Waals surface area contributed by atoms with Crippen molar-refractivity contribution in [1.29, 1.82) is 0 Å². The Labute approximate surface area is 283 Å². The van der Waals surface area contributed by atoms with Gasteiger partial charge in [-0.1, -0.05) is 12.1 Å². The summed E-state index contributed by atoms with van der Waals surface area (Å²) in [6.45, 7) is 10.7. The van der Waals surface area contributed by atoms with Gasteiger partial charge in [0.2, 0.25) is 0 Å². The van der Waals surface area contributed by atoms with Crippen molar-refractivity contribution in [2.24, 2.45) is 5.92 Å². The zero-order valence-electron chi connectivity index (χ0n) is 28.2. The van der Waals surface area contributed by atoms with Crippen molar-refractivity contribution in [3.63, 3.8) is 0 Å². The Kier molecular flexibility index (Phi) is 11.0. The second-order valence-electron chi connectivity index (χ2n) is 13.9. The van der Waals surface area contributed by atoms with Gasteiger partial charge >= 0.3 is 12.1 Å². The second-order valence-corrected chi connectivity index (χ2v) is 13.9. The first-order chi connectivity index (χ1) is 23.0. The molecule has 1 aromatic carbocycles. The molecule has 1 saturated carbocycles. The highest BCUT2D eigenvalue weighted by atomic mass is 19.4. The normalized spacial score (nSPS) is 29.1. The zero-order valence-corrected chi connectivity index (χ0v) is 28.2. The standard InChI is InChI=1S/C34H46F3N5O7/c1-19-16-41(33(4)9-11-40(12-10-33)31(46)27-20(2)38-18-39-21(27)3)13-14-42(19)25(22-5-7-23(8-6-22)34(35,36)37)17-49-26-15-24(32(47)48)28(43)30(45)29(26)44/h5-8,18-19,24-26,28-30,43-45H,9-17H2,1-4H3,(H,47,48)/t19-,24+,25-,26-,28-,29+,30-/m0/s1. The van der Waals surface area contributed by atoms with E-state index in [1.165, 1.54) is 18.5 Å². The number of carboxylic acid groups (broad SMARTS) is 1. The van der Waals surface area contributed by atoms with Crippen LogP contribution in [0.2, 0.25) is 0 Å². The molecule has 3 aliphatic rings. The molecule has 270 valence electrons. The van der Waals surface area contributed by atoms with Gasteiger partial charge in [-0.2, -0.15) is 13.2 Å². The SMILES string of the molecule is Cc1ncnc(C)c1C(=O)N1CCC(C)(N2CCN([C@@H](CO[C@H]3C[C@@H](C(=O)O)[C@H](O)[C@H](O)[C@@H]3O)c3ccc(C(F)(F)F)cc3)[C@@H](C)C2)CC1. The number of aliphatic hydroxyl groups excluding tert-OH is 3. The predicted molar refractivity (Wildman–Crippen MR) is 170 cm³/mol. The maximum Gasteiger partial charge on any atom is 0.416 e. The number of ether oxygens (including phenoxy) is 1. The number of likely N-dealkylation sites (tertiary alicyclic amines) is 1. The topological polar surface area (TPSA) is 160 Å². The van der Waals surface area contributed by atoms with E-state index in [1.807, 2.05) is 11.8 Å². The number of carboxylic acids is 1. The van der Waals surface area contributed by atoms with E-state index in [4.69, 9.17) is 4.74 Å². The van der Waals surface area contributed by atoms with E-state index in [0.717, 1.165) is 25.0 Å². The number of carbonyl (C=O) groups excluding carboxylic acids is 1. The Balaban J connectivity index is 1.29. The third-order valence-corrected chi connectivity index (χ3v) is 10.8. The average molecular weight is 694 g/mol. The van der Waals surface area contributed by atoms with E-state index in [-0.39, 0.29) is 30.5 Å². The van der Waals surface area contributed by atoms with Gasteiger partial charge in [-0.05, 0) is 64.7 Å². The number of aliphatic carboxylic acids is 1. The van der Waals surface area contributed by atoms with Gasteiger partial charge in [-0.25, -0.2) is 9.97 Å². The molecule has 12 nitrogen and oxygen atoms in total. The quantitative estimate of drug-likeness (QED) is 0.322. The van der Waals surface area contributed by atoms with E-state index in [1.54, 1.807) is 13.8 Å². The summed E-state index contributed by atoms with van der Waals surface area (Å²) in [5, 5.41) is 40.7.